The minimum absolute atomic E-state index is 0.0925. The summed E-state index contributed by atoms with van der Waals surface area (Å²) in [5, 5.41) is 8.95. The number of likely N-dealkylation sites (N-methyl/N-ethyl adjacent to an activating group) is 1. The molecule has 0 radical (unpaired) electrons. The number of morpholine rings is 1. The Hall–Kier alpha value is -1.97. The lowest BCUT2D eigenvalue weighted by molar-refractivity contribution is -0.141. The Bertz CT molecular complexity index is 710. The van der Waals surface area contributed by atoms with Crippen LogP contribution in [0.2, 0.25) is 0 Å². The Morgan fingerprint density at radius 3 is 2.25 bits per heavy atom. The van der Waals surface area contributed by atoms with E-state index in [1.54, 1.807) is 0 Å². The molecule has 1 aromatic rings. The standard InChI is InChI=1S/C15H20N2O6S/c1-11(15(19)20)16(2)14(18)12-3-5-13(6-4-12)24(21,22)17-7-9-23-10-8-17/h3-6,11H,7-10H2,1-2H3,(H,19,20). The molecule has 2 rings (SSSR count). The van der Waals surface area contributed by atoms with Gasteiger partial charge in [0.15, 0.2) is 0 Å². The average Bonchev–Trinajstić information content (AvgIpc) is 2.60. The number of hydrogen-bond acceptors (Lipinski definition) is 5. The van der Waals surface area contributed by atoms with Crippen molar-refractivity contribution < 1.29 is 27.9 Å². The van der Waals surface area contributed by atoms with Gasteiger partial charge in [-0.1, -0.05) is 0 Å². The van der Waals surface area contributed by atoms with E-state index in [1.165, 1.54) is 42.5 Å². The zero-order valence-electron chi connectivity index (χ0n) is 13.5. The number of hydrogen-bond donors (Lipinski definition) is 1. The van der Waals surface area contributed by atoms with E-state index >= 15 is 0 Å². The minimum atomic E-state index is -3.62. The van der Waals surface area contributed by atoms with Gasteiger partial charge in [-0.2, -0.15) is 4.31 Å². The molecule has 0 bridgehead atoms. The van der Waals surface area contributed by atoms with Gasteiger partial charge in [-0.15, -0.1) is 0 Å². The third kappa shape index (κ3) is 3.74. The predicted octanol–water partition coefficient (Wildman–Crippen LogP) is 0.253. The van der Waals surface area contributed by atoms with Crippen LogP contribution in [0.1, 0.15) is 17.3 Å². The Morgan fingerprint density at radius 2 is 1.75 bits per heavy atom. The Balaban J connectivity index is 2.18. The second-order valence-corrected chi connectivity index (χ2v) is 7.41. The molecule has 0 spiro atoms. The summed E-state index contributed by atoms with van der Waals surface area (Å²) in [5.74, 6) is -1.60. The van der Waals surface area contributed by atoms with Crippen molar-refractivity contribution >= 4 is 21.9 Å². The first-order valence-electron chi connectivity index (χ1n) is 7.43. The second-order valence-electron chi connectivity index (χ2n) is 5.47. The smallest absolute Gasteiger partial charge is 0.326 e. The number of nitrogens with zero attached hydrogens (tertiary/aromatic N) is 2. The summed E-state index contributed by atoms with van der Waals surface area (Å²) in [6, 6.07) is 4.52. The van der Waals surface area contributed by atoms with Crippen molar-refractivity contribution in [3.8, 4) is 0 Å². The van der Waals surface area contributed by atoms with Crippen molar-refractivity contribution in [1.82, 2.24) is 9.21 Å². The van der Waals surface area contributed by atoms with Gasteiger partial charge >= 0.3 is 5.97 Å². The highest BCUT2D eigenvalue weighted by Crippen LogP contribution is 2.18. The van der Waals surface area contributed by atoms with Gasteiger partial charge in [0.25, 0.3) is 5.91 Å². The molecule has 1 aliphatic heterocycles. The highest BCUT2D eigenvalue weighted by Gasteiger charge is 2.27. The molecular formula is C15H20N2O6S. The summed E-state index contributed by atoms with van der Waals surface area (Å²) in [4.78, 5) is 24.4. The number of benzene rings is 1. The van der Waals surface area contributed by atoms with Crippen molar-refractivity contribution in [2.24, 2.45) is 0 Å². The average molecular weight is 356 g/mol. The molecule has 0 aromatic heterocycles. The Morgan fingerprint density at radius 1 is 1.21 bits per heavy atom. The van der Waals surface area contributed by atoms with E-state index in [0.29, 0.717) is 26.3 Å². The van der Waals surface area contributed by atoms with Crippen molar-refractivity contribution in [2.75, 3.05) is 33.4 Å². The topological polar surface area (TPSA) is 104 Å². The molecule has 1 fully saturated rings. The minimum Gasteiger partial charge on any atom is -0.480 e. The molecule has 1 heterocycles. The molecule has 8 nitrogen and oxygen atoms in total. The highest BCUT2D eigenvalue weighted by molar-refractivity contribution is 7.89. The molecule has 1 aromatic carbocycles. The van der Waals surface area contributed by atoms with Crippen LogP contribution in [0.5, 0.6) is 0 Å². The van der Waals surface area contributed by atoms with Gasteiger partial charge in [-0.25, -0.2) is 13.2 Å². The molecular weight excluding hydrogens is 336 g/mol. The number of carbonyl (C=O) groups is 2. The van der Waals surface area contributed by atoms with Crippen LogP contribution in [0.4, 0.5) is 0 Å². The first-order valence-corrected chi connectivity index (χ1v) is 8.87. The largest absolute Gasteiger partial charge is 0.480 e. The zero-order valence-corrected chi connectivity index (χ0v) is 14.3. The molecule has 1 amide bonds. The summed E-state index contributed by atoms with van der Waals surface area (Å²) >= 11 is 0. The Labute approximate surface area is 140 Å². The van der Waals surface area contributed by atoms with Crippen LogP contribution < -0.4 is 0 Å². The molecule has 9 heteroatoms. The fraction of sp³-hybridized carbons (Fsp3) is 0.467. The predicted molar refractivity (Wildman–Crippen MR) is 85.2 cm³/mol. The van der Waals surface area contributed by atoms with Crippen LogP contribution in [-0.4, -0.2) is 74.0 Å². The maximum absolute atomic E-state index is 12.5. The first kappa shape index (κ1) is 18.4. The van der Waals surface area contributed by atoms with E-state index in [9.17, 15) is 18.0 Å². The van der Waals surface area contributed by atoms with Crippen LogP contribution in [0.25, 0.3) is 0 Å². The summed E-state index contributed by atoms with van der Waals surface area (Å²) < 4.78 is 31.5. The van der Waals surface area contributed by atoms with Crippen LogP contribution in [0, 0.1) is 0 Å². The van der Waals surface area contributed by atoms with Crippen LogP contribution in [0.15, 0.2) is 29.2 Å². The Kier molecular flexibility index (Phi) is 5.58. The van der Waals surface area contributed by atoms with Gasteiger partial charge in [0.05, 0.1) is 18.1 Å². The molecule has 24 heavy (non-hydrogen) atoms. The number of sulfonamides is 1. The lowest BCUT2D eigenvalue weighted by Crippen LogP contribution is -2.41. The normalized spacial score (nSPS) is 17.2. The number of ether oxygens (including phenoxy) is 1. The molecule has 1 aliphatic rings. The maximum atomic E-state index is 12.5. The van der Waals surface area contributed by atoms with Gasteiger partial charge in [-0.05, 0) is 31.2 Å². The molecule has 1 unspecified atom stereocenters. The van der Waals surface area contributed by atoms with E-state index < -0.39 is 27.9 Å². The molecule has 0 aliphatic carbocycles. The van der Waals surface area contributed by atoms with Crippen LogP contribution >= 0.6 is 0 Å². The first-order chi connectivity index (χ1) is 11.2. The lowest BCUT2D eigenvalue weighted by atomic mass is 10.2. The lowest BCUT2D eigenvalue weighted by Gasteiger charge is -2.26. The van der Waals surface area contributed by atoms with E-state index in [2.05, 4.69) is 0 Å². The number of carbonyl (C=O) groups excluding carboxylic acids is 1. The third-order valence-corrected chi connectivity index (χ3v) is 5.88. The zero-order chi connectivity index (χ0) is 17.9. The number of rotatable bonds is 5. The summed E-state index contributed by atoms with van der Waals surface area (Å²) in [7, 11) is -2.23. The summed E-state index contributed by atoms with van der Waals surface area (Å²) in [6.07, 6.45) is 0. The van der Waals surface area contributed by atoms with Gasteiger partial charge in [-0.3, -0.25) is 4.79 Å². The van der Waals surface area contributed by atoms with Gasteiger partial charge in [0.1, 0.15) is 6.04 Å². The van der Waals surface area contributed by atoms with E-state index in [0.717, 1.165) is 4.90 Å². The van der Waals surface area contributed by atoms with E-state index in [4.69, 9.17) is 9.84 Å². The fourth-order valence-corrected chi connectivity index (χ4v) is 3.66. The fourth-order valence-electron chi connectivity index (χ4n) is 2.25. The van der Waals surface area contributed by atoms with Gasteiger partial charge in [0, 0.05) is 25.7 Å². The quantitative estimate of drug-likeness (QED) is 0.811. The van der Waals surface area contributed by atoms with Crippen molar-refractivity contribution in [3.63, 3.8) is 0 Å². The molecule has 132 valence electrons. The van der Waals surface area contributed by atoms with E-state index in [1.807, 2.05) is 0 Å². The van der Waals surface area contributed by atoms with Gasteiger partial charge in [0.2, 0.25) is 10.0 Å². The molecule has 1 saturated heterocycles. The second kappa shape index (κ2) is 7.29. The van der Waals surface area contributed by atoms with Gasteiger partial charge < -0.3 is 14.7 Å². The van der Waals surface area contributed by atoms with Crippen LogP contribution in [0.3, 0.4) is 0 Å². The van der Waals surface area contributed by atoms with E-state index in [-0.39, 0.29) is 10.5 Å². The monoisotopic (exact) mass is 356 g/mol. The summed E-state index contributed by atoms with van der Waals surface area (Å²) in [6.45, 7) is 2.70. The maximum Gasteiger partial charge on any atom is 0.326 e. The molecule has 0 saturated carbocycles. The van der Waals surface area contributed by atoms with Crippen molar-refractivity contribution in [2.45, 2.75) is 17.9 Å². The number of aliphatic carboxylic acids is 1. The SMILES string of the molecule is CC(C(=O)O)N(C)C(=O)c1ccc(S(=O)(=O)N2CCOCC2)cc1. The third-order valence-electron chi connectivity index (χ3n) is 3.97. The number of amides is 1. The molecule has 1 atom stereocenters. The van der Waals surface area contributed by atoms with Crippen molar-refractivity contribution in [1.29, 1.82) is 0 Å². The number of carboxylic acids is 1. The number of carboxylic acid groups (broad SMARTS) is 1. The highest BCUT2D eigenvalue weighted by atomic mass is 32.2. The van der Waals surface area contributed by atoms with Crippen LogP contribution in [-0.2, 0) is 19.6 Å². The van der Waals surface area contributed by atoms with Crippen molar-refractivity contribution in [3.05, 3.63) is 29.8 Å². The summed E-state index contributed by atoms with van der Waals surface area (Å²) in [5.41, 5.74) is 0.228. The molecule has 1 N–H and O–H groups in total.